The highest BCUT2D eigenvalue weighted by molar-refractivity contribution is 9.09. The Labute approximate surface area is 251 Å². The Morgan fingerprint density at radius 2 is 1.88 bits per heavy atom. The molecule has 1 spiro atoms. The van der Waals surface area contributed by atoms with Crippen LogP contribution in [-0.2, 0) is 19.1 Å². The van der Waals surface area contributed by atoms with Crippen LogP contribution in [0.1, 0.15) is 39.0 Å². The van der Waals surface area contributed by atoms with Gasteiger partial charge < -0.3 is 29.3 Å². The highest BCUT2D eigenvalue weighted by Gasteiger charge is 2.76. The van der Waals surface area contributed by atoms with Gasteiger partial charge in [0.05, 0.1) is 25.0 Å². The predicted octanol–water partition coefficient (Wildman–Crippen LogP) is 3.55. The number of anilines is 1. The Kier molecular flexibility index (Phi) is 10.3. The summed E-state index contributed by atoms with van der Waals surface area (Å²) in [6.45, 7) is 11.3. The van der Waals surface area contributed by atoms with Gasteiger partial charge in [-0.2, -0.15) is 0 Å². The molecule has 0 aromatic heterocycles. The van der Waals surface area contributed by atoms with Crippen LogP contribution in [0.15, 0.2) is 49.6 Å². The number of hydrogen-bond acceptors (Lipinski definition) is 6. The molecule has 6 atom stereocenters. The van der Waals surface area contributed by atoms with Crippen LogP contribution in [0, 0.1) is 11.8 Å². The SMILES string of the molecule is C=CCN(CCC)C(=O)[C@H]1[C@@H]2OC3(CC2Br)C(C(=O)N(CC=C)c2ccc(OC)cc2)N(CCCCCO)C(=O)[C@H]13. The second kappa shape index (κ2) is 13.5. The summed E-state index contributed by atoms with van der Waals surface area (Å²) >= 11 is 3.75. The van der Waals surface area contributed by atoms with E-state index in [4.69, 9.17) is 9.47 Å². The molecule has 9 nitrogen and oxygen atoms in total. The third kappa shape index (κ3) is 5.70. The first-order chi connectivity index (χ1) is 19.8. The Hall–Kier alpha value is -2.69. The van der Waals surface area contributed by atoms with Gasteiger partial charge in [-0.15, -0.1) is 13.2 Å². The lowest BCUT2D eigenvalue weighted by Gasteiger charge is -2.37. The maximum absolute atomic E-state index is 14.6. The van der Waals surface area contributed by atoms with Crippen LogP contribution in [0.2, 0.25) is 0 Å². The van der Waals surface area contributed by atoms with Crippen molar-refractivity contribution in [1.82, 2.24) is 9.80 Å². The van der Waals surface area contributed by atoms with E-state index < -0.39 is 29.6 Å². The van der Waals surface area contributed by atoms with E-state index in [0.29, 0.717) is 56.8 Å². The van der Waals surface area contributed by atoms with Gasteiger partial charge in [0, 0.05) is 43.3 Å². The Morgan fingerprint density at radius 1 is 1.17 bits per heavy atom. The lowest BCUT2D eigenvalue weighted by molar-refractivity contribution is -0.145. The number of likely N-dealkylation sites (tertiary alicyclic amines) is 1. The highest BCUT2D eigenvalue weighted by atomic mass is 79.9. The molecule has 3 fully saturated rings. The van der Waals surface area contributed by atoms with Crippen molar-refractivity contribution in [2.75, 3.05) is 44.8 Å². The number of rotatable bonds is 15. The fourth-order valence-corrected chi connectivity index (χ4v) is 7.73. The first kappa shape index (κ1) is 31.3. The third-order valence-electron chi connectivity index (χ3n) is 8.48. The molecule has 3 amide bonds. The quantitative estimate of drug-likeness (QED) is 0.181. The van der Waals surface area contributed by atoms with Gasteiger partial charge in [0.2, 0.25) is 11.8 Å². The number of aliphatic hydroxyl groups excluding tert-OH is 1. The van der Waals surface area contributed by atoms with Gasteiger partial charge in [0.15, 0.2) is 0 Å². The molecule has 3 unspecified atom stereocenters. The van der Waals surface area contributed by atoms with Crippen molar-refractivity contribution in [2.45, 2.75) is 61.6 Å². The van der Waals surface area contributed by atoms with Crippen molar-refractivity contribution < 1.29 is 29.0 Å². The molecule has 3 aliphatic rings. The number of carbonyl (C=O) groups excluding carboxylic acids is 3. The third-order valence-corrected chi connectivity index (χ3v) is 9.33. The number of hydrogen-bond donors (Lipinski definition) is 1. The summed E-state index contributed by atoms with van der Waals surface area (Å²) in [6, 6.07) is 6.28. The zero-order chi connectivity index (χ0) is 29.7. The maximum atomic E-state index is 14.6. The minimum absolute atomic E-state index is 0.0661. The zero-order valence-electron chi connectivity index (χ0n) is 24.0. The minimum Gasteiger partial charge on any atom is -0.497 e. The van der Waals surface area contributed by atoms with E-state index in [1.807, 2.05) is 19.1 Å². The van der Waals surface area contributed by atoms with Crippen LogP contribution in [-0.4, -0.2) is 95.1 Å². The summed E-state index contributed by atoms with van der Waals surface area (Å²) in [4.78, 5) is 47.7. The molecule has 4 rings (SSSR count). The number of aliphatic hydroxyl groups is 1. The van der Waals surface area contributed by atoms with Crippen LogP contribution in [0.4, 0.5) is 5.69 Å². The lowest BCUT2D eigenvalue weighted by atomic mass is 9.70. The molecule has 0 radical (unpaired) electrons. The number of fused-ring (bicyclic) bond motifs is 1. The van der Waals surface area contributed by atoms with Gasteiger partial charge in [-0.1, -0.05) is 35.0 Å². The molecule has 41 heavy (non-hydrogen) atoms. The molecule has 1 N–H and O–H groups in total. The molecule has 0 saturated carbocycles. The predicted molar refractivity (Wildman–Crippen MR) is 161 cm³/mol. The number of carbonyl (C=O) groups is 3. The van der Waals surface area contributed by atoms with E-state index in [1.165, 1.54) is 0 Å². The first-order valence-corrected chi connectivity index (χ1v) is 15.4. The number of nitrogens with zero attached hydrogens (tertiary/aromatic N) is 3. The van der Waals surface area contributed by atoms with Gasteiger partial charge in [-0.3, -0.25) is 14.4 Å². The van der Waals surface area contributed by atoms with Crippen LogP contribution in [0.25, 0.3) is 0 Å². The fourth-order valence-electron chi connectivity index (χ4n) is 6.79. The van der Waals surface area contributed by atoms with Gasteiger partial charge in [-0.05, 0) is 56.4 Å². The Balaban J connectivity index is 1.76. The summed E-state index contributed by atoms with van der Waals surface area (Å²) in [5.74, 6) is -1.40. The summed E-state index contributed by atoms with van der Waals surface area (Å²) in [6.07, 6.45) is 6.01. The first-order valence-electron chi connectivity index (χ1n) is 14.5. The molecule has 0 aliphatic carbocycles. The van der Waals surface area contributed by atoms with Crippen molar-refractivity contribution in [3.63, 3.8) is 0 Å². The number of unbranched alkanes of at least 4 members (excludes halogenated alkanes) is 2. The molecule has 3 saturated heterocycles. The van der Waals surface area contributed by atoms with Crippen molar-refractivity contribution in [1.29, 1.82) is 0 Å². The number of ether oxygens (including phenoxy) is 2. The maximum Gasteiger partial charge on any atom is 0.253 e. The van der Waals surface area contributed by atoms with E-state index in [1.54, 1.807) is 46.1 Å². The number of benzene rings is 1. The molecule has 3 aliphatic heterocycles. The minimum atomic E-state index is -1.14. The average Bonchev–Trinajstić information content (AvgIpc) is 3.56. The molecule has 3 heterocycles. The fraction of sp³-hybridized carbons (Fsp3) is 0.581. The van der Waals surface area contributed by atoms with Crippen LogP contribution in [0.5, 0.6) is 5.75 Å². The smallest absolute Gasteiger partial charge is 0.253 e. The van der Waals surface area contributed by atoms with Gasteiger partial charge in [0.1, 0.15) is 17.4 Å². The standard InChI is InChI=1S/C31H42BrN3O6/c1-5-15-33(16-6-2)28(37)24-25-29(38)35(18-9-8-10-19-36)27(31(25)20-23(32)26(24)41-31)30(39)34(17-7-3)21-11-13-22(40-4)14-12-21/h5,7,11-14,23-27,36H,1,3,6,8-10,15-20H2,2,4H3/t23?,24-,25+,26-,27?,31?/m1/s1. The van der Waals surface area contributed by atoms with Crippen molar-refractivity contribution in [3.8, 4) is 5.75 Å². The number of amides is 3. The topological polar surface area (TPSA) is 99.6 Å². The monoisotopic (exact) mass is 631 g/mol. The Morgan fingerprint density at radius 3 is 2.49 bits per heavy atom. The largest absolute Gasteiger partial charge is 0.497 e. The van der Waals surface area contributed by atoms with Gasteiger partial charge >= 0.3 is 0 Å². The average molecular weight is 633 g/mol. The highest BCUT2D eigenvalue weighted by Crippen LogP contribution is 2.60. The van der Waals surface area contributed by atoms with Crippen LogP contribution >= 0.6 is 15.9 Å². The summed E-state index contributed by atoms with van der Waals surface area (Å²) in [7, 11) is 1.58. The molecular weight excluding hydrogens is 590 g/mol. The molecule has 10 heteroatoms. The van der Waals surface area contributed by atoms with E-state index >= 15 is 0 Å². The molecule has 2 bridgehead atoms. The lowest BCUT2D eigenvalue weighted by Crippen LogP contribution is -2.57. The van der Waals surface area contributed by atoms with E-state index in [9.17, 15) is 19.5 Å². The molecular formula is C31H42BrN3O6. The molecule has 1 aromatic carbocycles. The second-order valence-corrected chi connectivity index (χ2v) is 12.2. The van der Waals surface area contributed by atoms with E-state index in [2.05, 4.69) is 29.1 Å². The van der Waals surface area contributed by atoms with E-state index in [0.717, 1.165) is 6.42 Å². The van der Waals surface area contributed by atoms with Crippen LogP contribution in [0.3, 0.4) is 0 Å². The number of halogens is 1. The van der Waals surface area contributed by atoms with Crippen molar-refractivity contribution in [2.24, 2.45) is 11.8 Å². The van der Waals surface area contributed by atoms with E-state index in [-0.39, 0.29) is 35.7 Å². The van der Waals surface area contributed by atoms with Crippen LogP contribution < -0.4 is 9.64 Å². The zero-order valence-corrected chi connectivity index (χ0v) is 25.6. The molecule has 1 aromatic rings. The second-order valence-electron chi connectivity index (χ2n) is 11.0. The normalized spacial score (nSPS) is 28.0. The Bertz CT molecular complexity index is 1130. The number of methoxy groups -OCH3 is 1. The van der Waals surface area contributed by atoms with Gasteiger partial charge in [0.25, 0.3) is 5.91 Å². The van der Waals surface area contributed by atoms with Crippen molar-refractivity contribution >= 4 is 39.3 Å². The van der Waals surface area contributed by atoms with Gasteiger partial charge in [-0.25, -0.2) is 0 Å². The summed E-state index contributed by atoms with van der Waals surface area (Å²) in [5, 5.41) is 9.29. The summed E-state index contributed by atoms with van der Waals surface area (Å²) in [5.41, 5.74) is -0.485. The summed E-state index contributed by atoms with van der Waals surface area (Å²) < 4.78 is 12.0. The van der Waals surface area contributed by atoms with Crippen molar-refractivity contribution in [3.05, 3.63) is 49.6 Å². The number of alkyl halides is 1. The molecule has 224 valence electrons.